The van der Waals surface area contributed by atoms with Gasteiger partial charge in [0.05, 0.1) is 29.4 Å². The van der Waals surface area contributed by atoms with Gasteiger partial charge in [-0.05, 0) is 18.1 Å². The summed E-state index contributed by atoms with van der Waals surface area (Å²) in [4.78, 5) is 20.8. The second kappa shape index (κ2) is 10.2. The van der Waals surface area contributed by atoms with Crippen LogP contribution in [0.1, 0.15) is 23.6 Å². The Bertz CT molecular complexity index is 1710. The van der Waals surface area contributed by atoms with Crippen molar-refractivity contribution in [1.82, 2.24) is 19.5 Å². The van der Waals surface area contributed by atoms with Gasteiger partial charge in [0.2, 0.25) is 0 Å². The standard InChI is InChI=1S/C29H28N6O2S/c1-5-20-16-26(38(4,36)37)30-18-24(20)35(3)25-17-23-28(31-19-34(23)2)29(32-25)33-27(21-12-8-6-9-13-21)22-14-10-7-11-15-22/h6-19H,5H2,1-4H3. The van der Waals surface area contributed by atoms with Gasteiger partial charge in [0.15, 0.2) is 20.7 Å². The summed E-state index contributed by atoms with van der Waals surface area (Å²) in [5, 5.41) is 0.0576. The maximum atomic E-state index is 12.1. The average molecular weight is 525 g/mol. The molecule has 5 aromatic rings. The minimum absolute atomic E-state index is 0.0576. The Hall–Kier alpha value is -4.37. The Morgan fingerprint density at radius 3 is 2.18 bits per heavy atom. The number of fused-ring (bicyclic) bond motifs is 1. The minimum Gasteiger partial charge on any atom is -0.334 e. The Morgan fingerprint density at radius 2 is 1.61 bits per heavy atom. The van der Waals surface area contributed by atoms with Crippen LogP contribution in [0.4, 0.5) is 17.3 Å². The van der Waals surface area contributed by atoms with Crippen molar-refractivity contribution in [2.45, 2.75) is 18.4 Å². The number of hydrogen-bond acceptors (Lipinski definition) is 7. The quantitative estimate of drug-likeness (QED) is 0.270. The van der Waals surface area contributed by atoms with E-state index in [4.69, 9.17) is 9.98 Å². The van der Waals surface area contributed by atoms with E-state index in [0.29, 0.717) is 23.6 Å². The molecule has 5 rings (SSSR count). The largest absolute Gasteiger partial charge is 0.334 e. The average Bonchev–Trinajstić information content (AvgIpc) is 3.31. The lowest BCUT2D eigenvalue weighted by atomic mass is 10.0. The maximum absolute atomic E-state index is 12.1. The van der Waals surface area contributed by atoms with Crippen molar-refractivity contribution in [2.24, 2.45) is 12.0 Å². The van der Waals surface area contributed by atoms with E-state index in [2.05, 4.69) is 9.97 Å². The van der Waals surface area contributed by atoms with Crippen molar-refractivity contribution in [3.63, 3.8) is 0 Å². The molecule has 0 radical (unpaired) electrons. The third-order valence-corrected chi connectivity index (χ3v) is 7.38. The zero-order valence-corrected chi connectivity index (χ0v) is 22.5. The zero-order valence-electron chi connectivity index (χ0n) is 21.7. The highest BCUT2D eigenvalue weighted by atomic mass is 32.2. The fraction of sp³-hybridized carbons (Fsp3) is 0.172. The normalized spacial score (nSPS) is 11.5. The predicted molar refractivity (Wildman–Crippen MR) is 151 cm³/mol. The van der Waals surface area contributed by atoms with Crippen LogP contribution < -0.4 is 4.90 Å². The van der Waals surface area contributed by atoms with Gasteiger partial charge < -0.3 is 9.47 Å². The number of pyridine rings is 2. The number of aromatic nitrogens is 4. The Morgan fingerprint density at radius 1 is 0.974 bits per heavy atom. The molecular weight excluding hydrogens is 496 g/mol. The van der Waals surface area contributed by atoms with E-state index >= 15 is 0 Å². The van der Waals surface area contributed by atoms with Crippen molar-refractivity contribution < 1.29 is 8.42 Å². The lowest BCUT2D eigenvalue weighted by Crippen LogP contribution is -2.15. The second-order valence-electron chi connectivity index (χ2n) is 9.06. The maximum Gasteiger partial charge on any atom is 0.192 e. The van der Waals surface area contributed by atoms with Crippen LogP contribution in [0.2, 0.25) is 0 Å². The molecule has 3 aromatic heterocycles. The fourth-order valence-corrected chi connectivity index (χ4v) is 4.92. The number of imidazole rings is 1. The van der Waals surface area contributed by atoms with Gasteiger partial charge in [-0.25, -0.2) is 28.4 Å². The van der Waals surface area contributed by atoms with E-state index in [1.807, 2.05) is 97.2 Å². The highest BCUT2D eigenvalue weighted by Gasteiger charge is 2.19. The van der Waals surface area contributed by atoms with Crippen LogP contribution in [0, 0.1) is 0 Å². The summed E-state index contributed by atoms with van der Waals surface area (Å²) in [5.74, 6) is 1.13. The van der Waals surface area contributed by atoms with Crippen molar-refractivity contribution >= 4 is 43.9 Å². The van der Waals surface area contributed by atoms with Crippen molar-refractivity contribution in [2.75, 3.05) is 18.2 Å². The molecule has 0 saturated heterocycles. The van der Waals surface area contributed by atoms with E-state index in [1.165, 1.54) is 0 Å². The number of rotatable bonds is 7. The van der Waals surface area contributed by atoms with E-state index in [-0.39, 0.29) is 5.03 Å². The van der Waals surface area contributed by atoms with Crippen LogP contribution >= 0.6 is 0 Å². The summed E-state index contributed by atoms with van der Waals surface area (Å²) in [5.41, 5.74) is 5.92. The molecule has 0 unspecified atom stereocenters. The monoisotopic (exact) mass is 524 g/mol. The van der Waals surface area contributed by atoms with Gasteiger partial charge in [-0.3, -0.25) is 0 Å². The van der Waals surface area contributed by atoms with E-state index in [0.717, 1.165) is 39.9 Å². The molecule has 0 spiro atoms. The highest BCUT2D eigenvalue weighted by Crippen LogP contribution is 2.33. The first-order chi connectivity index (χ1) is 18.3. The van der Waals surface area contributed by atoms with E-state index in [9.17, 15) is 8.42 Å². The van der Waals surface area contributed by atoms with Crippen molar-refractivity contribution in [3.8, 4) is 0 Å². The molecule has 2 aromatic carbocycles. The second-order valence-corrected chi connectivity index (χ2v) is 11.0. The Balaban J connectivity index is 1.70. The first kappa shape index (κ1) is 25.3. The Labute approximate surface area is 222 Å². The van der Waals surface area contributed by atoms with E-state index in [1.54, 1.807) is 18.6 Å². The molecule has 0 saturated carbocycles. The number of aliphatic imine (C=N–C) groups is 1. The van der Waals surface area contributed by atoms with Crippen molar-refractivity contribution in [1.29, 1.82) is 0 Å². The summed E-state index contributed by atoms with van der Waals surface area (Å²) >= 11 is 0. The van der Waals surface area contributed by atoms with Gasteiger partial charge in [0.25, 0.3) is 0 Å². The first-order valence-electron chi connectivity index (χ1n) is 12.2. The molecule has 0 fully saturated rings. The third kappa shape index (κ3) is 4.92. The summed E-state index contributed by atoms with van der Waals surface area (Å²) in [7, 11) is 0.408. The number of benzene rings is 2. The van der Waals surface area contributed by atoms with Crippen LogP contribution in [0.25, 0.3) is 11.0 Å². The summed E-state index contributed by atoms with van der Waals surface area (Å²) in [6.45, 7) is 1.98. The molecular formula is C29H28N6O2S. The molecule has 0 aliphatic rings. The molecule has 0 aliphatic carbocycles. The minimum atomic E-state index is -3.42. The number of hydrogen-bond donors (Lipinski definition) is 0. The third-order valence-electron chi connectivity index (χ3n) is 6.40. The molecule has 9 heteroatoms. The molecule has 3 heterocycles. The number of sulfone groups is 1. The van der Waals surface area contributed by atoms with Gasteiger partial charge in [0, 0.05) is 37.5 Å². The number of aryl methyl sites for hydroxylation is 2. The molecule has 0 atom stereocenters. The molecule has 0 aliphatic heterocycles. The summed E-state index contributed by atoms with van der Waals surface area (Å²) < 4.78 is 26.1. The smallest absolute Gasteiger partial charge is 0.192 e. The molecule has 8 nitrogen and oxygen atoms in total. The molecule has 0 N–H and O–H groups in total. The van der Waals surface area contributed by atoms with Gasteiger partial charge in [0.1, 0.15) is 11.3 Å². The SMILES string of the molecule is CCc1cc(S(C)(=O)=O)ncc1N(C)c1cc2c(ncn2C)c(N=C(c2ccccc2)c2ccccc2)n1. The van der Waals surface area contributed by atoms with Gasteiger partial charge >= 0.3 is 0 Å². The van der Waals surface area contributed by atoms with Crippen LogP contribution in [-0.2, 0) is 23.3 Å². The van der Waals surface area contributed by atoms with Crippen LogP contribution in [0.5, 0.6) is 0 Å². The number of anilines is 2. The molecule has 0 amide bonds. The first-order valence-corrected chi connectivity index (χ1v) is 14.1. The summed E-state index contributed by atoms with van der Waals surface area (Å²) in [6.07, 6.45) is 5.14. The van der Waals surface area contributed by atoms with Gasteiger partial charge in [-0.1, -0.05) is 67.6 Å². The van der Waals surface area contributed by atoms with Crippen molar-refractivity contribution in [3.05, 3.63) is 102 Å². The van der Waals surface area contributed by atoms with Crippen LogP contribution in [0.15, 0.2) is 95.3 Å². The predicted octanol–water partition coefficient (Wildman–Crippen LogP) is 5.27. The van der Waals surface area contributed by atoms with E-state index < -0.39 is 9.84 Å². The lowest BCUT2D eigenvalue weighted by molar-refractivity contribution is 0.598. The molecule has 192 valence electrons. The summed E-state index contributed by atoms with van der Waals surface area (Å²) in [6, 6.07) is 23.6. The fourth-order valence-electron chi connectivity index (χ4n) is 4.32. The van der Waals surface area contributed by atoms with Gasteiger partial charge in [-0.2, -0.15) is 0 Å². The Kier molecular flexibility index (Phi) is 6.77. The topological polar surface area (TPSA) is 93.3 Å². The van der Waals surface area contributed by atoms with Crippen LogP contribution in [0.3, 0.4) is 0 Å². The molecule has 38 heavy (non-hydrogen) atoms. The van der Waals surface area contributed by atoms with Gasteiger partial charge in [-0.15, -0.1) is 0 Å². The lowest BCUT2D eigenvalue weighted by Gasteiger charge is -2.22. The highest BCUT2D eigenvalue weighted by molar-refractivity contribution is 7.90. The number of nitrogens with zero attached hydrogens (tertiary/aromatic N) is 6. The van der Waals surface area contributed by atoms with Crippen LogP contribution in [-0.4, -0.2) is 47.0 Å². The molecule has 0 bridgehead atoms. The zero-order chi connectivity index (χ0) is 26.9.